The summed E-state index contributed by atoms with van der Waals surface area (Å²) >= 11 is 0. The van der Waals surface area contributed by atoms with Crippen LogP contribution in [0.2, 0.25) is 0 Å². The molecule has 1 atom stereocenters. The summed E-state index contributed by atoms with van der Waals surface area (Å²) in [6, 6.07) is 7.54. The van der Waals surface area contributed by atoms with Crippen molar-refractivity contribution in [1.82, 2.24) is 24.6 Å². The third-order valence-electron chi connectivity index (χ3n) is 5.88. The molecule has 36 heavy (non-hydrogen) atoms. The number of fused-ring (bicyclic) bond motifs is 1. The maximum atomic E-state index is 14.8. The van der Waals surface area contributed by atoms with Crippen molar-refractivity contribution in [3.63, 3.8) is 0 Å². The number of nitrogens with zero attached hydrogens (tertiary/aromatic N) is 5. The molecule has 1 aliphatic rings. The van der Waals surface area contributed by atoms with E-state index in [4.69, 9.17) is 4.74 Å². The van der Waals surface area contributed by atoms with Crippen LogP contribution in [0.4, 0.5) is 15.0 Å². The highest BCUT2D eigenvalue weighted by Crippen LogP contribution is 2.25. The van der Waals surface area contributed by atoms with Gasteiger partial charge in [-0.05, 0) is 54.7 Å². The number of carbonyl (C=O) groups is 2. The Kier molecular flexibility index (Phi) is 7.58. The zero-order chi connectivity index (χ0) is 25.8. The second-order valence-electron chi connectivity index (χ2n) is 9.20. The van der Waals surface area contributed by atoms with Crippen molar-refractivity contribution in [2.24, 2.45) is 5.92 Å². The number of rotatable bonds is 7. The van der Waals surface area contributed by atoms with Gasteiger partial charge in [0.05, 0.1) is 24.8 Å². The predicted molar refractivity (Wildman–Crippen MR) is 130 cm³/mol. The normalized spacial score (nSPS) is 13.9. The van der Waals surface area contributed by atoms with Crippen LogP contribution in [0.15, 0.2) is 36.7 Å². The first-order valence-electron chi connectivity index (χ1n) is 11.8. The Morgan fingerprint density at radius 1 is 1.22 bits per heavy atom. The first-order valence-corrected chi connectivity index (χ1v) is 11.8. The molecule has 0 saturated carbocycles. The lowest BCUT2D eigenvalue weighted by Crippen LogP contribution is -2.37. The Hall–Kier alpha value is -3.86. The van der Waals surface area contributed by atoms with E-state index in [-0.39, 0.29) is 36.5 Å². The van der Waals surface area contributed by atoms with Crippen molar-refractivity contribution in [2.75, 3.05) is 25.1 Å². The van der Waals surface area contributed by atoms with Gasteiger partial charge in [-0.25, -0.2) is 14.2 Å². The van der Waals surface area contributed by atoms with Gasteiger partial charge < -0.3 is 24.6 Å². The number of aliphatic hydroxyl groups excluding tert-OH is 1. The molecule has 2 N–H and O–H groups in total. The minimum absolute atomic E-state index is 0.105. The van der Waals surface area contributed by atoms with E-state index >= 15 is 0 Å². The summed E-state index contributed by atoms with van der Waals surface area (Å²) in [7, 11) is 0. The molecule has 11 heteroatoms. The van der Waals surface area contributed by atoms with E-state index in [0.717, 1.165) is 5.56 Å². The summed E-state index contributed by atoms with van der Waals surface area (Å²) in [4.78, 5) is 31.3. The predicted octanol–water partition coefficient (Wildman–Crippen LogP) is 3.44. The lowest BCUT2D eigenvalue weighted by molar-refractivity contribution is 0.0879. The molecule has 3 aromatic rings. The highest BCUT2D eigenvalue weighted by atomic mass is 19.1. The number of hydrogen-bond acceptors (Lipinski definition) is 7. The average Bonchev–Trinajstić information content (AvgIpc) is 3.36. The Morgan fingerprint density at radius 3 is 2.78 bits per heavy atom. The third-order valence-corrected chi connectivity index (χ3v) is 5.88. The van der Waals surface area contributed by atoms with Gasteiger partial charge in [0, 0.05) is 13.1 Å². The number of anilines is 1. The molecule has 0 spiro atoms. The topological polar surface area (TPSA) is 122 Å². The number of pyridine rings is 1. The summed E-state index contributed by atoms with van der Waals surface area (Å²) in [6.45, 7) is 6.59. The van der Waals surface area contributed by atoms with Crippen molar-refractivity contribution in [1.29, 1.82) is 0 Å². The lowest BCUT2D eigenvalue weighted by Gasteiger charge is -2.29. The molecule has 10 nitrogen and oxygen atoms in total. The second kappa shape index (κ2) is 10.8. The van der Waals surface area contributed by atoms with Crippen LogP contribution in [-0.4, -0.2) is 61.5 Å². The maximum Gasteiger partial charge on any atom is 0.410 e. The van der Waals surface area contributed by atoms with Crippen LogP contribution in [0.1, 0.15) is 48.3 Å². The van der Waals surface area contributed by atoms with Crippen LogP contribution in [0.25, 0.3) is 11.5 Å². The highest BCUT2D eigenvalue weighted by molar-refractivity contribution is 6.04. The maximum absolute atomic E-state index is 14.8. The first-order chi connectivity index (χ1) is 17.3. The summed E-state index contributed by atoms with van der Waals surface area (Å²) in [5.74, 6) is -0.451. The third kappa shape index (κ3) is 5.51. The minimum atomic E-state index is -0.662. The van der Waals surface area contributed by atoms with E-state index in [1.54, 1.807) is 27.7 Å². The van der Waals surface area contributed by atoms with Crippen LogP contribution < -0.4 is 5.32 Å². The van der Waals surface area contributed by atoms with Crippen LogP contribution in [0.5, 0.6) is 0 Å². The Morgan fingerprint density at radius 2 is 2.03 bits per heavy atom. The molecule has 0 fully saturated rings. The summed E-state index contributed by atoms with van der Waals surface area (Å²) in [5, 5.41) is 20.0. The Balaban J connectivity index is 1.51. The number of hydrogen-bond donors (Lipinski definition) is 2. The van der Waals surface area contributed by atoms with Crippen molar-refractivity contribution < 1.29 is 23.8 Å². The molecule has 1 aromatic carbocycles. The van der Waals surface area contributed by atoms with Crippen molar-refractivity contribution in [2.45, 2.75) is 39.8 Å². The van der Waals surface area contributed by atoms with Gasteiger partial charge in [-0.1, -0.05) is 19.9 Å². The monoisotopic (exact) mass is 496 g/mol. The van der Waals surface area contributed by atoms with Crippen LogP contribution in [-0.2, 0) is 17.7 Å². The molecule has 190 valence electrons. The quantitative estimate of drug-likeness (QED) is 0.514. The SMILES string of the molecule is CC(C)COC(=O)N1CCc2cc(F)c(C(=O)Nc3cccc(-c4nncn4[C@H](C)CO)n3)cc2C1. The van der Waals surface area contributed by atoms with Gasteiger partial charge in [0.2, 0.25) is 0 Å². The van der Waals surface area contributed by atoms with Crippen LogP contribution in [0.3, 0.4) is 0 Å². The molecular weight excluding hydrogens is 467 g/mol. The average molecular weight is 497 g/mol. The number of halogens is 1. The molecule has 1 aliphatic heterocycles. The number of benzene rings is 1. The second-order valence-corrected chi connectivity index (χ2v) is 9.20. The molecule has 0 radical (unpaired) electrons. The smallest absolute Gasteiger partial charge is 0.410 e. The van der Waals surface area contributed by atoms with E-state index in [9.17, 15) is 19.1 Å². The molecule has 0 aliphatic carbocycles. The van der Waals surface area contributed by atoms with E-state index in [1.165, 1.54) is 18.5 Å². The zero-order valence-corrected chi connectivity index (χ0v) is 20.4. The van der Waals surface area contributed by atoms with E-state index in [1.807, 2.05) is 20.8 Å². The number of aliphatic hydroxyl groups is 1. The Bertz CT molecular complexity index is 1260. The minimum Gasteiger partial charge on any atom is -0.449 e. The summed E-state index contributed by atoms with van der Waals surface area (Å²) in [5.41, 5.74) is 1.75. The molecule has 0 unspecified atom stereocenters. The molecule has 2 aromatic heterocycles. The molecular formula is C25H29FN6O4. The fraction of sp³-hybridized carbons (Fsp3) is 0.400. The number of ether oxygens (including phenoxy) is 1. The first kappa shape index (κ1) is 25.2. The highest BCUT2D eigenvalue weighted by Gasteiger charge is 2.25. The van der Waals surface area contributed by atoms with Crippen LogP contribution >= 0.6 is 0 Å². The number of nitrogens with one attached hydrogen (secondary N) is 1. The van der Waals surface area contributed by atoms with E-state index in [0.29, 0.717) is 36.7 Å². The Labute approximate surface area is 208 Å². The van der Waals surface area contributed by atoms with Gasteiger partial charge in [-0.15, -0.1) is 10.2 Å². The fourth-order valence-electron chi connectivity index (χ4n) is 3.89. The lowest BCUT2D eigenvalue weighted by atomic mass is 9.97. The van der Waals surface area contributed by atoms with Crippen molar-refractivity contribution in [3.05, 3.63) is 59.2 Å². The van der Waals surface area contributed by atoms with E-state index in [2.05, 4.69) is 20.5 Å². The van der Waals surface area contributed by atoms with Crippen LogP contribution in [0, 0.1) is 11.7 Å². The van der Waals surface area contributed by atoms with Gasteiger partial charge >= 0.3 is 6.09 Å². The number of carbonyl (C=O) groups excluding carboxylic acids is 2. The summed E-state index contributed by atoms with van der Waals surface area (Å²) in [6.07, 6.45) is 1.55. The molecule has 3 heterocycles. The van der Waals surface area contributed by atoms with Crippen molar-refractivity contribution >= 4 is 17.8 Å². The largest absolute Gasteiger partial charge is 0.449 e. The van der Waals surface area contributed by atoms with Gasteiger partial charge in [-0.3, -0.25) is 4.79 Å². The molecule has 0 saturated heterocycles. The number of aromatic nitrogens is 4. The van der Waals surface area contributed by atoms with E-state index < -0.39 is 17.8 Å². The van der Waals surface area contributed by atoms with Gasteiger partial charge in [0.15, 0.2) is 5.82 Å². The standard InChI is InChI=1S/C25H29FN6O4/c1-15(2)13-36-25(35)31-8-7-17-10-20(26)19(9-18(17)11-31)24(34)29-22-6-4-5-21(28-22)23-30-27-14-32(23)16(3)12-33/h4-6,9-10,14-16,33H,7-8,11-13H2,1-3H3,(H,28,29,34)/t16-/m1/s1. The molecule has 2 amide bonds. The zero-order valence-electron chi connectivity index (χ0n) is 20.4. The molecule has 0 bridgehead atoms. The van der Waals surface area contributed by atoms with Crippen molar-refractivity contribution in [3.8, 4) is 11.5 Å². The summed E-state index contributed by atoms with van der Waals surface area (Å²) < 4.78 is 21.8. The number of amides is 2. The van der Waals surface area contributed by atoms with Gasteiger partial charge in [0.25, 0.3) is 5.91 Å². The molecule has 4 rings (SSSR count). The van der Waals surface area contributed by atoms with Gasteiger partial charge in [0.1, 0.15) is 23.7 Å². The fourth-order valence-corrected chi connectivity index (χ4v) is 3.89. The van der Waals surface area contributed by atoms with Gasteiger partial charge in [-0.2, -0.15) is 0 Å².